The van der Waals surface area contributed by atoms with Crippen LogP contribution < -0.4 is 19.5 Å². The fourth-order valence-electron chi connectivity index (χ4n) is 4.32. The Kier molecular flexibility index (Phi) is 6.02. The standard InChI is InChI=1S/C27H24FN5O5/c1-33-13-16(11-30-33)18-8-9-22(24-23(18)36-14-37-24)31-27-29-12-20(25(32-27)38-17-4-3-5-17)15-6-7-19(21(28)10-15)26(34)35-2/h6-13,17H,3-5,14H2,1-2H3,(H,29,31,32). The van der Waals surface area contributed by atoms with Crippen molar-refractivity contribution in [3.05, 3.63) is 60.3 Å². The first-order valence-corrected chi connectivity index (χ1v) is 12.1. The normalized spacial score (nSPS) is 14.2. The summed E-state index contributed by atoms with van der Waals surface area (Å²) in [7, 11) is 3.06. The number of aryl methyl sites for hydroxylation is 1. The molecule has 0 saturated heterocycles. The third-order valence-corrected chi connectivity index (χ3v) is 6.55. The fraction of sp³-hybridized carbons (Fsp3) is 0.259. The smallest absolute Gasteiger partial charge is 0.340 e. The zero-order valence-corrected chi connectivity index (χ0v) is 20.7. The van der Waals surface area contributed by atoms with Crippen LogP contribution >= 0.6 is 0 Å². The van der Waals surface area contributed by atoms with Crippen LogP contribution in [0.3, 0.4) is 0 Å². The molecule has 38 heavy (non-hydrogen) atoms. The molecular weight excluding hydrogens is 493 g/mol. The number of ether oxygens (including phenoxy) is 4. The highest BCUT2D eigenvalue weighted by molar-refractivity contribution is 5.90. The van der Waals surface area contributed by atoms with Crippen molar-refractivity contribution in [1.82, 2.24) is 19.7 Å². The maximum atomic E-state index is 14.7. The number of aromatic nitrogens is 4. The number of fused-ring (bicyclic) bond motifs is 1. The second-order valence-electron chi connectivity index (χ2n) is 9.02. The van der Waals surface area contributed by atoms with Gasteiger partial charge in [-0.25, -0.2) is 14.2 Å². The first kappa shape index (κ1) is 23.7. The summed E-state index contributed by atoms with van der Waals surface area (Å²) in [6, 6.07) is 8.02. The molecule has 0 unspecified atom stereocenters. The number of rotatable bonds is 7. The highest BCUT2D eigenvalue weighted by atomic mass is 19.1. The molecule has 2 aromatic carbocycles. The van der Waals surface area contributed by atoms with E-state index >= 15 is 0 Å². The number of carbonyl (C=O) groups is 1. The SMILES string of the molecule is COC(=O)c1ccc(-c2cnc(Nc3ccc(-c4cnn(C)c4)c4c3OCO4)nc2OC2CCC2)cc1F. The minimum atomic E-state index is -0.746. The number of carbonyl (C=O) groups excluding carboxylic acids is 1. The molecule has 1 saturated carbocycles. The third kappa shape index (κ3) is 4.36. The van der Waals surface area contributed by atoms with Gasteiger partial charge in [0.1, 0.15) is 11.9 Å². The Bertz CT molecular complexity index is 1530. The van der Waals surface area contributed by atoms with Gasteiger partial charge in [-0.05, 0) is 49.1 Å². The van der Waals surface area contributed by atoms with E-state index in [2.05, 4.69) is 25.1 Å². The van der Waals surface area contributed by atoms with Crippen molar-refractivity contribution in [3.8, 4) is 39.6 Å². The molecule has 0 spiro atoms. The monoisotopic (exact) mass is 517 g/mol. The number of nitrogens with zero attached hydrogens (tertiary/aromatic N) is 4. The highest BCUT2D eigenvalue weighted by Crippen LogP contribution is 2.47. The van der Waals surface area contributed by atoms with Gasteiger partial charge < -0.3 is 24.3 Å². The molecule has 2 aliphatic rings. The second kappa shape index (κ2) is 9.66. The number of hydrogen-bond donors (Lipinski definition) is 1. The highest BCUT2D eigenvalue weighted by Gasteiger charge is 2.26. The van der Waals surface area contributed by atoms with Crippen LogP contribution in [0.5, 0.6) is 17.4 Å². The summed E-state index contributed by atoms with van der Waals surface area (Å²) in [6.45, 7) is 0.0876. The Balaban J connectivity index is 1.33. The number of methoxy groups -OCH3 is 1. The maximum absolute atomic E-state index is 14.7. The summed E-state index contributed by atoms with van der Waals surface area (Å²) in [5, 5.41) is 7.43. The lowest BCUT2D eigenvalue weighted by Gasteiger charge is -2.27. The van der Waals surface area contributed by atoms with Gasteiger partial charge in [0, 0.05) is 30.6 Å². The average Bonchev–Trinajstić information content (AvgIpc) is 3.56. The van der Waals surface area contributed by atoms with E-state index < -0.39 is 11.8 Å². The molecule has 0 radical (unpaired) electrons. The molecule has 194 valence electrons. The lowest BCUT2D eigenvalue weighted by Crippen LogP contribution is -2.25. The van der Waals surface area contributed by atoms with E-state index in [0.29, 0.717) is 34.2 Å². The molecular formula is C27H24FN5O5. The van der Waals surface area contributed by atoms with Gasteiger partial charge >= 0.3 is 5.97 Å². The van der Waals surface area contributed by atoms with Crippen LogP contribution in [0.25, 0.3) is 22.3 Å². The molecule has 6 rings (SSSR count). The molecule has 11 heteroatoms. The van der Waals surface area contributed by atoms with Gasteiger partial charge in [-0.1, -0.05) is 6.07 Å². The number of halogens is 1. The van der Waals surface area contributed by atoms with Gasteiger partial charge in [-0.2, -0.15) is 10.1 Å². The predicted octanol–water partition coefficient (Wildman–Crippen LogP) is 4.87. The molecule has 0 atom stereocenters. The molecule has 3 heterocycles. The van der Waals surface area contributed by atoms with Crippen LogP contribution in [0.2, 0.25) is 0 Å². The Morgan fingerprint density at radius 2 is 1.95 bits per heavy atom. The summed E-state index contributed by atoms with van der Waals surface area (Å²) >= 11 is 0. The number of hydrogen-bond acceptors (Lipinski definition) is 9. The lowest BCUT2D eigenvalue weighted by atomic mass is 9.96. The molecule has 4 aromatic rings. The quantitative estimate of drug-likeness (QED) is 0.343. The molecule has 1 N–H and O–H groups in total. The van der Waals surface area contributed by atoms with Crippen molar-refractivity contribution in [1.29, 1.82) is 0 Å². The van der Waals surface area contributed by atoms with Crippen LogP contribution in [0.1, 0.15) is 29.6 Å². The molecule has 2 aromatic heterocycles. The molecule has 1 fully saturated rings. The Morgan fingerprint density at radius 3 is 2.66 bits per heavy atom. The van der Waals surface area contributed by atoms with E-state index in [9.17, 15) is 9.18 Å². The minimum Gasteiger partial charge on any atom is -0.474 e. The Hall–Kier alpha value is -4.67. The average molecular weight is 518 g/mol. The van der Waals surface area contributed by atoms with Crippen molar-refractivity contribution >= 4 is 17.6 Å². The van der Waals surface area contributed by atoms with E-state index in [0.717, 1.165) is 30.4 Å². The summed E-state index contributed by atoms with van der Waals surface area (Å²) in [5.41, 5.74) is 3.23. The van der Waals surface area contributed by atoms with Gasteiger partial charge in [0.15, 0.2) is 11.5 Å². The number of anilines is 2. The summed E-state index contributed by atoms with van der Waals surface area (Å²) in [5.74, 6) is 0.295. The minimum absolute atomic E-state index is 0.0236. The summed E-state index contributed by atoms with van der Waals surface area (Å²) < 4.78 is 38.7. The van der Waals surface area contributed by atoms with Crippen LogP contribution in [-0.4, -0.2) is 45.7 Å². The number of benzene rings is 2. The van der Waals surface area contributed by atoms with Gasteiger partial charge in [-0.15, -0.1) is 0 Å². The van der Waals surface area contributed by atoms with Gasteiger partial charge in [0.2, 0.25) is 18.6 Å². The molecule has 10 nitrogen and oxygen atoms in total. The Labute approximate surface area is 217 Å². The predicted molar refractivity (Wildman–Crippen MR) is 135 cm³/mol. The van der Waals surface area contributed by atoms with E-state index in [1.54, 1.807) is 23.1 Å². The fourth-order valence-corrected chi connectivity index (χ4v) is 4.32. The van der Waals surface area contributed by atoms with E-state index in [4.69, 9.17) is 14.2 Å². The van der Waals surface area contributed by atoms with Crippen molar-refractivity contribution in [2.45, 2.75) is 25.4 Å². The van der Waals surface area contributed by atoms with Crippen molar-refractivity contribution in [2.75, 3.05) is 19.2 Å². The van der Waals surface area contributed by atoms with Crippen molar-refractivity contribution in [3.63, 3.8) is 0 Å². The lowest BCUT2D eigenvalue weighted by molar-refractivity contribution is 0.0595. The van der Waals surface area contributed by atoms with Crippen molar-refractivity contribution < 1.29 is 28.1 Å². The van der Waals surface area contributed by atoms with E-state index in [-0.39, 0.29) is 24.4 Å². The van der Waals surface area contributed by atoms with Gasteiger partial charge in [0.25, 0.3) is 0 Å². The summed E-state index contributed by atoms with van der Waals surface area (Å²) in [6.07, 6.45) is 8.15. The molecule has 1 aliphatic carbocycles. The van der Waals surface area contributed by atoms with E-state index in [1.807, 2.05) is 25.4 Å². The topological polar surface area (TPSA) is 110 Å². The molecule has 1 aliphatic heterocycles. The zero-order valence-electron chi connectivity index (χ0n) is 20.7. The van der Waals surface area contributed by atoms with Crippen LogP contribution in [0.15, 0.2) is 48.9 Å². The maximum Gasteiger partial charge on any atom is 0.340 e. The van der Waals surface area contributed by atoms with Crippen molar-refractivity contribution in [2.24, 2.45) is 7.05 Å². The second-order valence-corrected chi connectivity index (χ2v) is 9.02. The first-order valence-electron chi connectivity index (χ1n) is 12.1. The number of nitrogens with one attached hydrogen (secondary N) is 1. The number of esters is 1. The van der Waals surface area contributed by atoms with Crippen LogP contribution in [-0.2, 0) is 11.8 Å². The van der Waals surface area contributed by atoms with E-state index in [1.165, 1.54) is 19.2 Å². The summed E-state index contributed by atoms with van der Waals surface area (Å²) in [4.78, 5) is 20.9. The molecule has 0 amide bonds. The van der Waals surface area contributed by atoms with Crippen LogP contribution in [0.4, 0.5) is 16.0 Å². The zero-order chi connectivity index (χ0) is 26.2. The first-order chi connectivity index (χ1) is 18.5. The van der Waals surface area contributed by atoms with Crippen LogP contribution in [0, 0.1) is 5.82 Å². The molecule has 0 bridgehead atoms. The largest absolute Gasteiger partial charge is 0.474 e. The van der Waals surface area contributed by atoms with Gasteiger partial charge in [-0.3, -0.25) is 4.68 Å². The Morgan fingerprint density at radius 1 is 1.11 bits per heavy atom. The third-order valence-electron chi connectivity index (χ3n) is 6.55. The van der Waals surface area contributed by atoms with Gasteiger partial charge in [0.05, 0.1) is 30.1 Å².